The number of ether oxygens (including phenoxy) is 2. The summed E-state index contributed by atoms with van der Waals surface area (Å²) < 4.78 is 132. The SMILES string of the molecule is O=C(Oc1ccc2c(c1OC(=O)C(F)(F)F)c(-c1ccc(-c3cccnc3)cc1)c(CN1CCN(c3cccc4[nH]ccc34)CC1)n2OC(=O)C(F)(F)F)C(F)(F)F. The average Bonchev–Trinajstić information content (AvgIpc) is 3.78. The molecule has 3 aromatic carbocycles. The van der Waals surface area contributed by atoms with Crippen LogP contribution in [0.15, 0.2) is 91.4 Å². The summed E-state index contributed by atoms with van der Waals surface area (Å²) in [6.45, 7) is 0.840. The fourth-order valence-corrected chi connectivity index (χ4v) is 6.60. The van der Waals surface area contributed by atoms with Gasteiger partial charge in [0.2, 0.25) is 0 Å². The van der Waals surface area contributed by atoms with E-state index in [4.69, 9.17) is 4.84 Å². The van der Waals surface area contributed by atoms with Gasteiger partial charge >= 0.3 is 36.4 Å². The van der Waals surface area contributed by atoms with Crippen LogP contribution in [0.3, 0.4) is 0 Å². The Morgan fingerprint density at radius 1 is 0.690 bits per heavy atom. The summed E-state index contributed by atoms with van der Waals surface area (Å²) in [5.74, 6) is -11.4. The fourth-order valence-electron chi connectivity index (χ4n) is 6.60. The number of alkyl halides is 9. The predicted molar refractivity (Wildman–Crippen MR) is 187 cm³/mol. The van der Waals surface area contributed by atoms with Crippen LogP contribution in [-0.2, 0) is 20.9 Å². The van der Waals surface area contributed by atoms with Crippen molar-refractivity contribution in [3.63, 3.8) is 0 Å². The van der Waals surface area contributed by atoms with Crippen LogP contribution in [0, 0.1) is 0 Å². The van der Waals surface area contributed by atoms with Crippen molar-refractivity contribution >= 4 is 45.4 Å². The number of aromatic nitrogens is 3. The van der Waals surface area contributed by atoms with Crippen molar-refractivity contribution < 1.29 is 68.2 Å². The van der Waals surface area contributed by atoms with Crippen LogP contribution in [0.5, 0.6) is 11.5 Å². The van der Waals surface area contributed by atoms with Gasteiger partial charge in [0.05, 0.1) is 16.6 Å². The number of nitrogens with zero attached hydrogens (tertiary/aromatic N) is 4. The highest BCUT2D eigenvalue weighted by molar-refractivity contribution is 6.05. The number of benzene rings is 3. The molecule has 58 heavy (non-hydrogen) atoms. The van der Waals surface area contributed by atoms with E-state index in [0.29, 0.717) is 35.0 Å². The van der Waals surface area contributed by atoms with Crippen LogP contribution in [0.25, 0.3) is 44.1 Å². The van der Waals surface area contributed by atoms with Crippen molar-refractivity contribution in [3.8, 4) is 33.8 Å². The summed E-state index contributed by atoms with van der Waals surface area (Å²) in [6.07, 6.45) is -12.3. The van der Waals surface area contributed by atoms with Crippen LogP contribution in [-0.4, -0.2) is 82.2 Å². The molecule has 1 aliphatic rings. The molecule has 0 saturated carbocycles. The van der Waals surface area contributed by atoms with Gasteiger partial charge in [-0.25, -0.2) is 14.4 Å². The monoisotopic (exact) mass is 819 g/mol. The Morgan fingerprint density at radius 2 is 1.34 bits per heavy atom. The van der Waals surface area contributed by atoms with Crippen molar-refractivity contribution in [3.05, 3.63) is 97.1 Å². The van der Waals surface area contributed by atoms with Gasteiger partial charge in [0.25, 0.3) is 0 Å². The molecule has 0 aliphatic carbocycles. The van der Waals surface area contributed by atoms with Gasteiger partial charge in [-0.15, -0.1) is 0 Å². The van der Waals surface area contributed by atoms with Gasteiger partial charge in [-0.1, -0.05) is 36.4 Å². The number of pyridine rings is 1. The molecule has 0 radical (unpaired) electrons. The summed E-state index contributed by atoms with van der Waals surface area (Å²) in [6, 6.07) is 17.9. The maximum atomic E-state index is 13.8. The first-order valence-corrected chi connectivity index (χ1v) is 17.0. The molecule has 0 unspecified atom stereocenters. The van der Waals surface area contributed by atoms with Gasteiger partial charge in [0.1, 0.15) is 0 Å². The molecule has 3 aromatic heterocycles. The van der Waals surface area contributed by atoms with Crippen molar-refractivity contribution in [1.29, 1.82) is 0 Å². The Bertz CT molecular complexity index is 2500. The molecule has 0 amide bonds. The number of carbonyl (C=O) groups excluding carboxylic acids is 3. The maximum absolute atomic E-state index is 13.8. The molecular weight excluding hydrogens is 793 g/mol. The number of piperazine rings is 1. The lowest BCUT2D eigenvalue weighted by Gasteiger charge is -2.36. The first-order chi connectivity index (χ1) is 27.4. The largest absolute Gasteiger partial charge is 0.493 e. The zero-order valence-corrected chi connectivity index (χ0v) is 29.3. The normalized spacial score (nSPS) is 14.2. The molecule has 4 heterocycles. The van der Waals surface area contributed by atoms with E-state index in [2.05, 4.69) is 24.3 Å². The number of hydrogen-bond acceptors (Lipinski definition) is 9. The van der Waals surface area contributed by atoms with Crippen LogP contribution in [0.4, 0.5) is 45.2 Å². The highest BCUT2D eigenvalue weighted by Gasteiger charge is 2.46. The zero-order valence-electron chi connectivity index (χ0n) is 29.3. The highest BCUT2D eigenvalue weighted by atomic mass is 19.4. The van der Waals surface area contributed by atoms with Crippen LogP contribution in [0.2, 0.25) is 0 Å². The van der Waals surface area contributed by atoms with Crippen LogP contribution < -0.4 is 19.2 Å². The number of halogens is 9. The van der Waals surface area contributed by atoms with Gasteiger partial charge in [0.15, 0.2) is 11.5 Å². The first-order valence-electron chi connectivity index (χ1n) is 17.0. The summed E-state index contributed by atoms with van der Waals surface area (Å²) in [7, 11) is 0. The molecule has 1 aliphatic heterocycles. The van der Waals surface area contributed by atoms with Crippen LogP contribution in [0.1, 0.15) is 5.69 Å². The second-order valence-electron chi connectivity index (χ2n) is 12.9. The Morgan fingerprint density at radius 3 is 1.98 bits per heavy atom. The quantitative estimate of drug-likeness (QED) is 0.0940. The van der Waals surface area contributed by atoms with Gasteiger partial charge in [-0.2, -0.15) is 44.2 Å². The van der Waals surface area contributed by atoms with E-state index in [1.807, 2.05) is 24.3 Å². The molecule has 0 spiro atoms. The number of aromatic amines is 1. The minimum Gasteiger partial charge on any atom is -0.416 e. The lowest BCUT2D eigenvalue weighted by atomic mass is 9.97. The van der Waals surface area contributed by atoms with E-state index in [1.54, 1.807) is 23.2 Å². The van der Waals surface area contributed by atoms with E-state index < -0.39 is 58.8 Å². The molecule has 1 fully saturated rings. The standard InChI is InChI=1S/C38H26F9N5O6/c39-36(40,41)33(53)56-29-11-10-27-31(32(29)57-34(54)37(42,43)44)30(22-8-6-21(7-9-22)23-3-2-13-48-19-23)28(52(27)58-35(55)38(45,46)47)20-50-15-17-51(18-16-50)26-5-1-4-25-24(26)12-14-49-25/h1-14,19,49H,15-18,20H2. The predicted octanol–water partition coefficient (Wildman–Crippen LogP) is 7.63. The Hall–Kier alpha value is -6.57. The summed E-state index contributed by atoms with van der Waals surface area (Å²) in [4.78, 5) is 52.6. The number of fused-ring (bicyclic) bond motifs is 2. The van der Waals surface area contributed by atoms with Gasteiger partial charge in [0, 0.05) is 73.5 Å². The zero-order chi connectivity index (χ0) is 41.6. The molecule has 1 saturated heterocycles. The van der Waals surface area contributed by atoms with Crippen molar-refractivity contribution in [2.75, 3.05) is 31.1 Å². The Labute approximate surface area is 320 Å². The topological polar surface area (TPSA) is 119 Å². The fraction of sp³-hybridized carbons (Fsp3) is 0.211. The number of H-pyrrole nitrogens is 1. The third-order valence-electron chi connectivity index (χ3n) is 9.19. The van der Waals surface area contributed by atoms with Crippen molar-refractivity contribution in [2.45, 2.75) is 25.1 Å². The van der Waals surface area contributed by atoms with Crippen LogP contribution >= 0.6 is 0 Å². The lowest BCUT2D eigenvalue weighted by molar-refractivity contribution is -0.199. The van der Waals surface area contributed by atoms with Gasteiger partial charge in [-0.05, 0) is 53.1 Å². The van der Waals surface area contributed by atoms with E-state index in [1.165, 1.54) is 36.7 Å². The molecular formula is C38H26F9N5O6. The van der Waals surface area contributed by atoms with E-state index in [-0.39, 0.29) is 36.5 Å². The number of anilines is 1. The number of esters is 2. The van der Waals surface area contributed by atoms with Gasteiger partial charge < -0.3 is 24.2 Å². The molecule has 20 heteroatoms. The maximum Gasteiger partial charge on any atom is 0.493 e. The number of carbonyl (C=O) groups is 3. The van der Waals surface area contributed by atoms with E-state index in [0.717, 1.165) is 22.7 Å². The van der Waals surface area contributed by atoms with Crippen molar-refractivity contribution in [2.24, 2.45) is 0 Å². The van der Waals surface area contributed by atoms with E-state index >= 15 is 0 Å². The van der Waals surface area contributed by atoms with Gasteiger partial charge in [-0.3, -0.25) is 9.88 Å². The summed E-state index contributed by atoms with van der Waals surface area (Å²) >= 11 is 0. The molecule has 7 rings (SSSR count). The molecule has 1 N–H and O–H groups in total. The highest BCUT2D eigenvalue weighted by Crippen LogP contribution is 2.47. The van der Waals surface area contributed by atoms with Crippen molar-refractivity contribution in [1.82, 2.24) is 19.6 Å². The Balaban J connectivity index is 1.42. The number of nitrogens with one attached hydrogen (secondary N) is 1. The smallest absolute Gasteiger partial charge is 0.416 e. The summed E-state index contributed by atoms with van der Waals surface area (Å²) in [5, 5.41) is 0.178. The Kier molecular flexibility index (Phi) is 10.3. The van der Waals surface area contributed by atoms with E-state index in [9.17, 15) is 53.9 Å². The number of hydrogen-bond donors (Lipinski definition) is 1. The first kappa shape index (κ1) is 39.7. The number of rotatable bonds is 8. The lowest BCUT2D eigenvalue weighted by Crippen LogP contribution is -2.46. The third kappa shape index (κ3) is 7.99. The third-order valence-corrected chi connectivity index (χ3v) is 9.19. The minimum atomic E-state index is -5.77. The molecule has 11 nitrogen and oxygen atoms in total. The molecule has 6 aromatic rings. The second-order valence-corrected chi connectivity index (χ2v) is 12.9. The second kappa shape index (κ2) is 15.1. The molecule has 0 bridgehead atoms. The summed E-state index contributed by atoms with van der Waals surface area (Å²) in [5.41, 5.74) is 1.62. The minimum absolute atomic E-state index is 0.0100. The molecule has 302 valence electrons. The average molecular weight is 820 g/mol. The molecule has 0 atom stereocenters.